The first-order valence-electron chi connectivity index (χ1n) is 10.3. The molecular weight excluding hydrogens is 573 g/mol. The van der Waals surface area contributed by atoms with E-state index < -0.39 is 26.0 Å². The Morgan fingerprint density at radius 3 is 1.11 bits per heavy atom. The van der Waals surface area contributed by atoms with Crippen LogP contribution in [0.25, 0.3) is 0 Å². The Bertz CT molecular complexity index is 1070. The molecule has 3 aromatic carbocycles. The van der Waals surface area contributed by atoms with Crippen LogP contribution < -0.4 is 13.6 Å². The molecule has 3 rings (SSSR count). The van der Waals surface area contributed by atoms with E-state index in [0.29, 0.717) is 17.2 Å². The first kappa shape index (κ1) is 30.5. The number of aryl methyl sites for hydroxylation is 3. The highest BCUT2D eigenvalue weighted by Crippen LogP contribution is 2.49. The minimum absolute atomic E-state index is 0.415. The van der Waals surface area contributed by atoms with Gasteiger partial charge in [0.15, 0.2) is 0 Å². The molecule has 8 nitrogen and oxygen atoms in total. The Hall–Kier alpha value is -1.73. The molecule has 0 aliphatic heterocycles. The molecule has 13 heteroatoms. The van der Waals surface area contributed by atoms with Crippen LogP contribution in [0.3, 0.4) is 0 Å². The molecule has 0 spiro atoms. The van der Waals surface area contributed by atoms with E-state index in [0.717, 1.165) is 16.7 Å². The van der Waals surface area contributed by atoms with Crippen molar-refractivity contribution in [1.29, 1.82) is 0 Å². The van der Waals surface area contributed by atoms with Gasteiger partial charge in [-0.15, -0.1) is 0 Å². The molecule has 0 atom stereocenters. The van der Waals surface area contributed by atoms with Crippen molar-refractivity contribution in [2.75, 3.05) is 6.61 Å². The summed E-state index contributed by atoms with van der Waals surface area (Å²) in [6, 6.07) is 21.6. The number of halogens is 3. The molecule has 0 fully saturated rings. The molecule has 3 aromatic rings. The average Bonchev–Trinajstić information content (AvgIpc) is 2.77. The molecular formula is C23H25Cl3O8P2. The molecule has 0 aliphatic rings. The van der Waals surface area contributed by atoms with Crippen LogP contribution in [0.4, 0.5) is 0 Å². The molecule has 0 saturated heterocycles. The zero-order valence-electron chi connectivity index (χ0n) is 19.5. The summed E-state index contributed by atoms with van der Waals surface area (Å²) in [7, 11) is -8.45. The standard InChI is InChI=1S/C21H21O4P.C2H4Cl3O4P/c1-16-4-10-19(11-5-16)23-26(22,24-20-12-6-17(2)7-13-20)25-21-14-8-18(3)9-15-21;3-2(4,5)1-9-10(6,7)8/h4-15H,1-3H3;1H2,(H2,6,7,8). The summed E-state index contributed by atoms with van der Waals surface area (Å²) >= 11 is 15.3. The molecule has 196 valence electrons. The summed E-state index contributed by atoms with van der Waals surface area (Å²) in [5.74, 6) is 1.24. The summed E-state index contributed by atoms with van der Waals surface area (Å²) < 4.78 is 42.3. The molecule has 0 radical (unpaired) electrons. The van der Waals surface area contributed by atoms with Crippen LogP contribution in [0, 0.1) is 20.8 Å². The van der Waals surface area contributed by atoms with E-state index >= 15 is 0 Å². The highest BCUT2D eigenvalue weighted by atomic mass is 35.6. The van der Waals surface area contributed by atoms with Gasteiger partial charge in [0.05, 0.1) is 0 Å². The summed E-state index contributed by atoms with van der Waals surface area (Å²) in [5.41, 5.74) is 3.23. The van der Waals surface area contributed by atoms with E-state index in [1.807, 2.05) is 57.2 Å². The zero-order chi connectivity index (χ0) is 27.0. The van der Waals surface area contributed by atoms with Gasteiger partial charge in [-0.3, -0.25) is 4.52 Å². The zero-order valence-corrected chi connectivity index (χ0v) is 23.6. The van der Waals surface area contributed by atoms with Crippen molar-refractivity contribution >= 4 is 50.4 Å². The van der Waals surface area contributed by atoms with Crippen molar-refractivity contribution < 1.29 is 37.0 Å². The molecule has 36 heavy (non-hydrogen) atoms. The van der Waals surface area contributed by atoms with E-state index in [2.05, 4.69) is 4.52 Å². The normalized spacial score (nSPS) is 11.8. The molecule has 0 bridgehead atoms. The number of hydrogen-bond acceptors (Lipinski definition) is 6. The molecule has 0 amide bonds. The average molecular weight is 598 g/mol. The fourth-order valence-electron chi connectivity index (χ4n) is 2.40. The lowest BCUT2D eigenvalue weighted by atomic mass is 10.2. The van der Waals surface area contributed by atoms with Gasteiger partial charge in [0, 0.05) is 0 Å². The van der Waals surface area contributed by atoms with E-state index in [4.69, 9.17) is 58.2 Å². The number of hydrogen-bond donors (Lipinski definition) is 2. The van der Waals surface area contributed by atoms with Gasteiger partial charge in [0.25, 0.3) is 0 Å². The third-order valence-electron chi connectivity index (χ3n) is 4.11. The predicted octanol–water partition coefficient (Wildman–Crippen LogP) is 7.72. The summed E-state index contributed by atoms with van der Waals surface area (Å²) in [6.07, 6.45) is 0. The van der Waals surface area contributed by atoms with Crippen LogP contribution in [0.1, 0.15) is 16.7 Å². The highest BCUT2D eigenvalue weighted by molar-refractivity contribution is 7.49. The van der Waals surface area contributed by atoms with Crippen LogP contribution in [-0.2, 0) is 13.7 Å². The summed E-state index contributed by atoms with van der Waals surface area (Å²) in [5, 5.41) is 0. The lowest BCUT2D eigenvalue weighted by molar-refractivity contribution is 0.200. The van der Waals surface area contributed by atoms with Gasteiger partial charge in [-0.1, -0.05) is 87.9 Å². The first-order valence-corrected chi connectivity index (χ1v) is 14.4. The Balaban J connectivity index is 0.000000388. The molecule has 2 N–H and O–H groups in total. The Morgan fingerprint density at radius 2 is 0.917 bits per heavy atom. The van der Waals surface area contributed by atoms with Gasteiger partial charge in [-0.05, 0) is 57.2 Å². The van der Waals surface area contributed by atoms with Crippen LogP contribution in [0.2, 0.25) is 0 Å². The maximum Gasteiger partial charge on any atom is 0.647 e. The smallest absolute Gasteiger partial charge is 0.386 e. The molecule has 0 saturated carbocycles. The second-order valence-electron chi connectivity index (χ2n) is 7.54. The monoisotopic (exact) mass is 596 g/mol. The van der Waals surface area contributed by atoms with Crippen molar-refractivity contribution in [2.24, 2.45) is 0 Å². The van der Waals surface area contributed by atoms with Crippen LogP contribution >= 0.6 is 50.4 Å². The van der Waals surface area contributed by atoms with Crippen molar-refractivity contribution in [3.05, 3.63) is 89.5 Å². The second kappa shape index (κ2) is 13.2. The van der Waals surface area contributed by atoms with E-state index in [1.54, 1.807) is 36.4 Å². The number of benzene rings is 3. The van der Waals surface area contributed by atoms with E-state index in [1.165, 1.54) is 0 Å². The van der Waals surface area contributed by atoms with Crippen LogP contribution in [-0.4, -0.2) is 20.2 Å². The lowest BCUT2D eigenvalue weighted by Gasteiger charge is -2.19. The predicted molar refractivity (Wildman–Crippen MR) is 141 cm³/mol. The highest BCUT2D eigenvalue weighted by Gasteiger charge is 2.33. The number of phosphoric acid groups is 2. The second-order valence-corrected chi connectivity index (χ2v) is 12.7. The topological polar surface area (TPSA) is 112 Å². The summed E-state index contributed by atoms with van der Waals surface area (Å²) in [6.45, 7) is 5.26. The van der Waals surface area contributed by atoms with Gasteiger partial charge >= 0.3 is 15.6 Å². The Morgan fingerprint density at radius 1 is 0.639 bits per heavy atom. The van der Waals surface area contributed by atoms with Crippen molar-refractivity contribution in [3.63, 3.8) is 0 Å². The molecule has 0 unspecified atom stereocenters. The lowest BCUT2D eigenvalue weighted by Crippen LogP contribution is -2.11. The minimum atomic E-state index is -4.52. The van der Waals surface area contributed by atoms with Crippen LogP contribution in [0.15, 0.2) is 72.8 Å². The fourth-order valence-corrected chi connectivity index (χ4v) is 4.40. The van der Waals surface area contributed by atoms with Crippen molar-refractivity contribution in [1.82, 2.24) is 0 Å². The maximum atomic E-state index is 13.3. The summed E-state index contributed by atoms with van der Waals surface area (Å²) in [4.78, 5) is 16.2. The quantitative estimate of drug-likeness (QED) is 0.201. The number of phosphoric ester groups is 2. The Kier molecular flexibility index (Phi) is 11.2. The first-order chi connectivity index (χ1) is 16.6. The van der Waals surface area contributed by atoms with Crippen molar-refractivity contribution in [3.8, 4) is 17.2 Å². The molecule has 0 heterocycles. The van der Waals surface area contributed by atoms with Gasteiger partial charge in [0.2, 0.25) is 3.79 Å². The SMILES string of the molecule is Cc1ccc(OP(=O)(Oc2ccc(C)cc2)Oc2ccc(C)cc2)cc1.O=P(O)(O)OCC(Cl)(Cl)Cl. The van der Waals surface area contributed by atoms with Gasteiger partial charge < -0.3 is 23.4 Å². The van der Waals surface area contributed by atoms with Crippen molar-refractivity contribution in [2.45, 2.75) is 24.6 Å². The largest absolute Gasteiger partial charge is 0.647 e. The third kappa shape index (κ3) is 12.5. The van der Waals surface area contributed by atoms with Gasteiger partial charge in [0.1, 0.15) is 23.9 Å². The third-order valence-corrected chi connectivity index (χ3v) is 6.21. The Labute approximate surface area is 224 Å². The number of rotatable bonds is 8. The molecule has 0 aliphatic carbocycles. The fraction of sp³-hybridized carbons (Fsp3) is 0.217. The van der Waals surface area contributed by atoms with E-state index in [-0.39, 0.29) is 0 Å². The van der Waals surface area contributed by atoms with Crippen LogP contribution in [0.5, 0.6) is 17.2 Å². The minimum Gasteiger partial charge on any atom is -0.386 e. The van der Waals surface area contributed by atoms with E-state index in [9.17, 15) is 9.13 Å². The van der Waals surface area contributed by atoms with Gasteiger partial charge in [-0.2, -0.15) is 4.57 Å². The molecule has 0 aromatic heterocycles. The number of alkyl halides is 3. The maximum absolute atomic E-state index is 13.3. The van der Waals surface area contributed by atoms with Gasteiger partial charge in [-0.25, -0.2) is 4.57 Å².